The van der Waals surface area contributed by atoms with Crippen LogP contribution in [0.1, 0.15) is 10.4 Å². The number of nitrogens with one attached hydrogen (secondary N) is 1. The lowest BCUT2D eigenvalue weighted by molar-refractivity contribution is -0.0500. The summed E-state index contributed by atoms with van der Waals surface area (Å²) < 4.78 is 61.5. The van der Waals surface area contributed by atoms with E-state index in [1.165, 1.54) is 19.2 Å². The molecule has 1 aromatic carbocycles. The maximum absolute atomic E-state index is 12.1. The zero-order valence-corrected chi connectivity index (χ0v) is 9.80. The van der Waals surface area contributed by atoms with Crippen LogP contribution in [0.2, 0.25) is 0 Å². The van der Waals surface area contributed by atoms with Gasteiger partial charge in [-0.1, -0.05) is 6.07 Å². The predicted octanol–water partition coefficient (Wildman–Crippen LogP) is 1.27. The van der Waals surface area contributed by atoms with Gasteiger partial charge >= 0.3 is 15.6 Å². The fourth-order valence-corrected chi connectivity index (χ4v) is 1.46. The summed E-state index contributed by atoms with van der Waals surface area (Å²) in [5, 5.41) is 2.24. The molecular weight excluding hydrogens is 275 g/mol. The van der Waals surface area contributed by atoms with Crippen molar-refractivity contribution in [2.75, 3.05) is 7.05 Å². The molecule has 0 bridgehead atoms. The number of carbonyl (C=O) groups is 1. The highest BCUT2D eigenvalue weighted by Crippen LogP contribution is 2.27. The molecule has 1 amide bonds. The fourth-order valence-electron chi connectivity index (χ4n) is 1.01. The molecule has 1 N–H and O–H groups in total. The molecule has 0 fully saturated rings. The second-order valence-electron chi connectivity index (χ2n) is 3.09. The summed E-state index contributed by atoms with van der Waals surface area (Å²) in [7, 11) is -4.41. The van der Waals surface area contributed by atoms with Crippen LogP contribution >= 0.6 is 0 Å². The lowest BCUT2D eigenvalue weighted by atomic mass is 10.2. The smallest absolute Gasteiger partial charge is 0.376 e. The molecule has 0 radical (unpaired) electrons. The first-order valence-electron chi connectivity index (χ1n) is 4.50. The molecule has 0 spiro atoms. The Morgan fingerprint density at radius 2 is 1.94 bits per heavy atom. The van der Waals surface area contributed by atoms with Gasteiger partial charge in [0.2, 0.25) is 0 Å². The minimum atomic E-state index is -5.73. The average Bonchev–Trinajstić information content (AvgIpc) is 2.26. The summed E-state index contributed by atoms with van der Waals surface area (Å²) in [6.07, 6.45) is 0. The Morgan fingerprint density at radius 1 is 1.33 bits per heavy atom. The van der Waals surface area contributed by atoms with Crippen molar-refractivity contribution >= 4 is 16.0 Å². The summed E-state index contributed by atoms with van der Waals surface area (Å²) in [6, 6.07) is 4.38. The highest BCUT2D eigenvalue weighted by molar-refractivity contribution is 7.87. The molecule has 0 heterocycles. The van der Waals surface area contributed by atoms with Crippen LogP contribution in [0.5, 0.6) is 5.75 Å². The minimum Gasteiger partial charge on any atom is -0.376 e. The Hall–Kier alpha value is -1.77. The number of hydrogen-bond donors (Lipinski definition) is 1. The van der Waals surface area contributed by atoms with Crippen LogP contribution in [-0.2, 0) is 10.1 Å². The van der Waals surface area contributed by atoms with E-state index in [0.29, 0.717) is 0 Å². The highest BCUT2D eigenvalue weighted by atomic mass is 32.2. The van der Waals surface area contributed by atoms with Crippen molar-refractivity contribution < 1.29 is 30.6 Å². The molecular formula is C9H8F3NO4S. The van der Waals surface area contributed by atoms with Crippen molar-refractivity contribution in [3.63, 3.8) is 0 Å². The minimum absolute atomic E-state index is 0.0209. The molecule has 0 aromatic heterocycles. The summed E-state index contributed by atoms with van der Waals surface area (Å²) in [5.41, 5.74) is -5.54. The van der Waals surface area contributed by atoms with E-state index >= 15 is 0 Å². The van der Waals surface area contributed by atoms with Crippen LogP contribution in [0.25, 0.3) is 0 Å². The second kappa shape index (κ2) is 4.84. The van der Waals surface area contributed by atoms with Crippen molar-refractivity contribution in [1.29, 1.82) is 0 Å². The monoisotopic (exact) mass is 283 g/mol. The number of halogens is 3. The van der Waals surface area contributed by atoms with Gasteiger partial charge in [0.25, 0.3) is 5.91 Å². The van der Waals surface area contributed by atoms with Crippen LogP contribution in [0, 0.1) is 0 Å². The van der Waals surface area contributed by atoms with Crippen LogP contribution in [0.4, 0.5) is 13.2 Å². The number of amides is 1. The van der Waals surface area contributed by atoms with E-state index in [1.807, 2.05) is 0 Å². The number of rotatable bonds is 3. The molecule has 0 aliphatic carbocycles. The molecule has 0 aliphatic heterocycles. The van der Waals surface area contributed by atoms with Gasteiger partial charge < -0.3 is 9.50 Å². The standard InChI is InChI=1S/C9H8F3NO4S/c1-13-8(14)6-3-2-4-7(5-6)17-18(15,16)9(10,11)12/h2-5H,1H3,(H,13,14). The Balaban J connectivity index is 3.04. The van der Waals surface area contributed by atoms with Crippen molar-refractivity contribution in [3.05, 3.63) is 29.8 Å². The molecule has 0 saturated carbocycles. The van der Waals surface area contributed by atoms with E-state index < -0.39 is 27.3 Å². The zero-order valence-electron chi connectivity index (χ0n) is 8.98. The summed E-state index contributed by atoms with van der Waals surface area (Å²) in [6.45, 7) is 0. The van der Waals surface area contributed by atoms with Gasteiger partial charge in [0.15, 0.2) is 0 Å². The van der Waals surface area contributed by atoms with Gasteiger partial charge in [-0.05, 0) is 18.2 Å². The van der Waals surface area contributed by atoms with E-state index in [0.717, 1.165) is 12.1 Å². The average molecular weight is 283 g/mol. The van der Waals surface area contributed by atoms with Gasteiger partial charge in [0.05, 0.1) is 0 Å². The predicted molar refractivity (Wildman–Crippen MR) is 55.4 cm³/mol. The van der Waals surface area contributed by atoms with Gasteiger partial charge in [-0.2, -0.15) is 21.6 Å². The van der Waals surface area contributed by atoms with E-state index in [1.54, 1.807) is 0 Å². The number of alkyl halides is 3. The second-order valence-corrected chi connectivity index (χ2v) is 4.63. The van der Waals surface area contributed by atoms with Crippen LogP contribution in [0.3, 0.4) is 0 Å². The fraction of sp³-hybridized carbons (Fsp3) is 0.222. The van der Waals surface area contributed by atoms with Gasteiger partial charge in [-0.3, -0.25) is 4.79 Å². The Bertz CT molecular complexity index is 553. The van der Waals surface area contributed by atoms with Gasteiger partial charge in [-0.15, -0.1) is 0 Å². The van der Waals surface area contributed by atoms with Crippen LogP contribution in [0.15, 0.2) is 24.3 Å². The molecule has 0 unspecified atom stereocenters. The SMILES string of the molecule is CNC(=O)c1cccc(OS(=O)(=O)C(F)(F)F)c1. The molecule has 0 aliphatic rings. The van der Waals surface area contributed by atoms with E-state index in [9.17, 15) is 26.4 Å². The molecule has 1 rings (SSSR count). The lowest BCUT2D eigenvalue weighted by Crippen LogP contribution is -2.28. The lowest BCUT2D eigenvalue weighted by Gasteiger charge is -2.09. The maximum Gasteiger partial charge on any atom is 0.534 e. The third-order valence-electron chi connectivity index (χ3n) is 1.81. The molecule has 18 heavy (non-hydrogen) atoms. The summed E-state index contributed by atoms with van der Waals surface area (Å²) in [4.78, 5) is 11.2. The van der Waals surface area contributed by atoms with Gasteiger partial charge in [0.1, 0.15) is 5.75 Å². The molecule has 0 atom stereocenters. The number of hydrogen-bond acceptors (Lipinski definition) is 4. The Morgan fingerprint density at radius 3 is 2.44 bits per heavy atom. The Kier molecular flexibility index (Phi) is 3.85. The highest BCUT2D eigenvalue weighted by Gasteiger charge is 2.48. The third-order valence-corrected chi connectivity index (χ3v) is 2.79. The maximum atomic E-state index is 12.1. The molecule has 5 nitrogen and oxygen atoms in total. The first-order valence-corrected chi connectivity index (χ1v) is 5.91. The third kappa shape index (κ3) is 3.13. The van der Waals surface area contributed by atoms with Gasteiger partial charge in [-0.25, -0.2) is 0 Å². The number of carbonyl (C=O) groups excluding carboxylic acids is 1. The first-order chi connectivity index (χ1) is 8.17. The van der Waals surface area contributed by atoms with Crippen LogP contribution < -0.4 is 9.50 Å². The number of benzene rings is 1. The van der Waals surface area contributed by atoms with E-state index in [4.69, 9.17) is 0 Å². The van der Waals surface area contributed by atoms with Crippen molar-refractivity contribution in [3.8, 4) is 5.75 Å². The summed E-state index contributed by atoms with van der Waals surface area (Å²) >= 11 is 0. The summed E-state index contributed by atoms with van der Waals surface area (Å²) in [5.74, 6) is -1.17. The molecule has 1 aromatic rings. The largest absolute Gasteiger partial charge is 0.534 e. The molecule has 0 saturated heterocycles. The van der Waals surface area contributed by atoms with Crippen LogP contribution in [-0.4, -0.2) is 26.9 Å². The van der Waals surface area contributed by atoms with Crippen molar-refractivity contribution in [2.24, 2.45) is 0 Å². The normalized spacial score (nSPS) is 12.0. The topological polar surface area (TPSA) is 72.5 Å². The van der Waals surface area contributed by atoms with Crippen molar-refractivity contribution in [1.82, 2.24) is 5.32 Å². The molecule has 100 valence electrons. The van der Waals surface area contributed by atoms with Gasteiger partial charge in [0, 0.05) is 12.6 Å². The zero-order chi connectivity index (χ0) is 14.0. The van der Waals surface area contributed by atoms with Crippen molar-refractivity contribution in [2.45, 2.75) is 5.51 Å². The van der Waals surface area contributed by atoms with E-state index in [-0.39, 0.29) is 5.56 Å². The molecule has 9 heteroatoms. The Labute approximate surface area is 101 Å². The van der Waals surface area contributed by atoms with E-state index in [2.05, 4.69) is 9.50 Å². The first kappa shape index (κ1) is 14.3. The quantitative estimate of drug-likeness (QED) is 0.670.